The molecule has 1 fully saturated rings. The fourth-order valence-electron chi connectivity index (χ4n) is 4.53. The molecule has 0 N–H and O–H groups in total. The predicted molar refractivity (Wildman–Crippen MR) is 119 cm³/mol. The van der Waals surface area contributed by atoms with E-state index in [1.807, 2.05) is 24.3 Å². The molecule has 0 saturated heterocycles. The van der Waals surface area contributed by atoms with Crippen molar-refractivity contribution in [3.8, 4) is 5.75 Å². The van der Waals surface area contributed by atoms with Crippen LogP contribution in [0.5, 0.6) is 5.75 Å². The second kappa shape index (κ2) is 8.29. The molecule has 0 bridgehead atoms. The summed E-state index contributed by atoms with van der Waals surface area (Å²) in [6.07, 6.45) is 4.23. The molecule has 1 aliphatic heterocycles. The summed E-state index contributed by atoms with van der Waals surface area (Å²) < 4.78 is 34.7. The number of benzene rings is 2. The zero-order valence-corrected chi connectivity index (χ0v) is 19.2. The minimum Gasteiger partial charge on any atom is -0.495 e. The molecule has 158 valence electrons. The van der Waals surface area contributed by atoms with E-state index in [-0.39, 0.29) is 22.6 Å². The van der Waals surface area contributed by atoms with Crippen LogP contribution in [0.2, 0.25) is 0 Å². The van der Waals surface area contributed by atoms with Crippen LogP contribution in [0, 0.1) is 5.41 Å². The van der Waals surface area contributed by atoms with Gasteiger partial charge in [0.1, 0.15) is 16.4 Å². The van der Waals surface area contributed by atoms with Crippen LogP contribution in [0.4, 0.5) is 0 Å². The van der Waals surface area contributed by atoms with Gasteiger partial charge in [0.05, 0.1) is 7.11 Å². The van der Waals surface area contributed by atoms with Gasteiger partial charge in [0.25, 0.3) is 0 Å². The Hall–Kier alpha value is -1.96. The Balaban J connectivity index is 1.73. The number of hydrogen-bond acceptors (Lipinski definition) is 4. The molecule has 5 nitrogen and oxygen atoms in total. The first-order valence-corrected chi connectivity index (χ1v) is 12.2. The number of sulfonamides is 1. The third-order valence-corrected chi connectivity index (χ3v) is 8.43. The van der Waals surface area contributed by atoms with Crippen LogP contribution in [-0.2, 0) is 21.2 Å². The van der Waals surface area contributed by atoms with E-state index < -0.39 is 10.0 Å². The van der Waals surface area contributed by atoms with Gasteiger partial charge in [-0.25, -0.2) is 8.42 Å². The maximum Gasteiger partial charge on any atom is 0.247 e. The lowest BCUT2D eigenvalue weighted by Gasteiger charge is -2.45. The van der Waals surface area contributed by atoms with Gasteiger partial charge in [-0.05, 0) is 36.6 Å². The van der Waals surface area contributed by atoms with E-state index in [1.165, 1.54) is 11.4 Å². The van der Waals surface area contributed by atoms with E-state index in [9.17, 15) is 13.2 Å². The van der Waals surface area contributed by atoms with Gasteiger partial charge in [-0.2, -0.15) is 4.31 Å². The van der Waals surface area contributed by atoms with E-state index in [0.29, 0.717) is 42.5 Å². The molecule has 7 heteroatoms. The second-order valence-electron chi connectivity index (χ2n) is 7.98. The topological polar surface area (TPSA) is 63.7 Å². The molecular weight excluding hydrogens is 466 g/mol. The number of fused-ring (bicyclic) bond motifs is 1. The SMILES string of the molecule is COc1ccc(Br)cc1S(=O)(=O)N1CC=C2CC(=O)CCC2(Cc2ccccc2)C1. The third kappa shape index (κ3) is 3.98. The Morgan fingerprint density at radius 3 is 2.67 bits per heavy atom. The van der Waals surface area contributed by atoms with E-state index >= 15 is 0 Å². The predicted octanol–water partition coefficient (Wildman–Crippen LogP) is 4.37. The standard InChI is InChI=1S/C23H24BrNO4S/c1-29-21-8-7-19(24)14-22(21)30(27,28)25-12-10-18-13-20(26)9-11-23(18,16-25)15-17-5-3-2-4-6-17/h2-8,10,14H,9,11-13,15-16H2,1H3. The molecule has 0 spiro atoms. The number of hydrogen-bond donors (Lipinski definition) is 0. The minimum absolute atomic E-state index is 0.151. The molecule has 1 saturated carbocycles. The molecule has 0 radical (unpaired) electrons. The molecule has 1 unspecified atom stereocenters. The van der Waals surface area contributed by atoms with E-state index in [0.717, 1.165) is 11.1 Å². The van der Waals surface area contributed by atoms with Gasteiger partial charge >= 0.3 is 0 Å². The van der Waals surface area contributed by atoms with Gasteiger partial charge in [0, 0.05) is 35.8 Å². The zero-order valence-electron chi connectivity index (χ0n) is 16.8. The fraction of sp³-hybridized carbons (Fsp3) is 0.348. The average Bonchev–Trinajstić information content (AvgIpc) is 2.74. The largest absolute Gasteiger partial charge is 0.495 e. The van der Waals surface area contributed by atoms with Crippen molar-refractivity contribution in [1.29, 1.82) is 0 Å². The zero-order chi connectivity index (χ0) is 21.4. The molecule has 30 heavy (non-hydrogen) atoms. The number of nitrogens with zero attached hydrogens (tertiary/aromatic N) is 1. The molecule has 4 rings (SSSR count). The van der Waals surface area contributed by atoms with Crippen molar-refractivity contribution in [2.24, 2.45) is 5.41 Å². The number of ketones is 1. The lowest BCUT2D eigenvalue weighted by molar-refractivity contribution is -0.120. The van der Waals surface area contributed by atoms with Crippen molar-refractivity contribution in [3.63, 3.8) is 0 Å². The first-order chi connectivity index (χ1) is 14.3. The Morgan fingerprint density at radius 1 is 1.17 bits per heavy atom. The third-order valence-electron chi connectivity index (χ3n) is 6.10. The highest BCUT2D eigenvalue weighted by atomic mass is 79.9. The minimum atomic E-state index is -3.77. The summed E-state index contributed by atoms with van der Waals surface area (Å²) in [4.78, 5) is 12.3. The maximum atomic E-state index is 13.6. The van der Waals surface area contributed by atoms with Crippen LogP contribution in [0.1, 0.15) is 24.8 Å². The molecule has 1 heterocycles. The summed E-state index contributed by atoms with van der Waals surface area (Å²) >= 11 is 3.37. The van der Waals surface area contributed by atoms with E-state index in [2.05, 4.69) is 28.1 Å². The second-order valence-corrected chi connectivity index (χ2v) is 10.8. The first-order valence-electron chi connectivity index (χ1n) is 9.93. The van der Waals surface area contributed by atoms with Crippen molar-refractivity contribution in [2.45, 2.75) is 30.6 Å². The normalized spacial score (nSPS) is 22.3. The highest BCUT2D eigenvalue weighted by Gasteiger charge is 2.45. The van der Waals surface area contributed by atoms with E-state index in [1.54, 1.807) is 18.2 Å². The summed E-state index contributed by atoms with van der Waals surface area (Å²) in [5.74, 6) is 0.554. The lowest BCUT2D eigenvalue weighted by Crippen LogP contribution is -2.49. The van der Waals surface area contributed by atoms with Crippen molar-refractivity contribution in [1.82, 2.24) is 4.31 Å². The molecule has 2 aliphatic rings. The Kier molecular flexibility index (Phi) is 5.88. The van der Waals surface area contributed by atoms with Gasteiger partial charge in [0.15, 0.2) is 0 Å². The summed E-state index contributed by atoms with van der Waals surface area (Å²) in [6, 6.07) is 15.1. The number of rotatable bonds is 5. The van der Waals surface area contributed by atoms with Crippen LogP contribution in [0.15, 0.2) is 69.5 Å². The van der Waals surface area contributed by atoms with Gasteiger partial charge in [0.2, 0.25) is 10.0 Å². The van der Waals surface area contributed by atoms with E-state index in [4.69, 9.17) is 4.74 Å². The van der Waals surface area contributed by atoms with Crippen molar-refractivity contribution in [2.75, 3.05) is 20.2 Å². The highest BCUT2D eigenvalue weighted by Crippen LogP contribution is 2.46. The molecular formula is C23H24BrNO4S. The van der Waals surface area contributed by atoms with Crippen molar-refractivity contribution in [3.05, 3.63) is 70.2 Å². The molecule has 1 atom stereocenters. The Labute approximate surface area is 185 Å². The molecule has 0 aromatic heterocycles. The molecule has 2 aromatic rings. The number of Topliss-reactive ketones (excluding diaryl/α,β-unsaturated/α-hetero) is 1. The van der Waals surface area contributed by atoms with Crippen LogP contribution in [0.3, 0.4) is 0 Å². The fourth-order valence-corrected chi connectivity index (χ4v) is 6.69. The Bertz CT molecular complexity index is 1100. The highest BCUT2D eigenvalue weighted by molar-refractivity contribution is 9.10. The maximum absolute atomic E-state index is 13.6. The van der Waals surface area contributed by atoms with Gasteiger partial charge < -0.3 is 4.74 Å². The molecule has 0 amide bonds. The van der Waals surface area contributed by atoms with Crippen molar-refractivity contribution < 1.29 is 17.9 Å². The molecule has 1 aliphatic carbocycles. The number of carbonyl (C=O) groups is 1. The van der Waals surface area contributed by atoms with Crippen LogP contribution in [0.25, 0.3) is 0 Å². The Morgan fingerprint density at radius 2 is 1.93 bits per heavy atom. The lowest BCUT2D eigenvalue weighted by atomic mass is 9.65. The monoisotopic (exact) mass is 489 g/mol. The average molecular weight is 490 g/mol. The number of methoxy groups -OCH3 is 1. The summed E-state index contributed by atoms with van der Waals surface area (Å²) in [6.45, 7) is 0.621. The van der Waals surface area contributed by atoms with Gasteiger partial charge in [-0.1, -0.05) is 57.9 Å². The smallest absolute Gasteiger partial charge is 0.247 e. The summed E-state index contributed by atoms with van der Waals surface area (Å²) in [7, 11) is -2.30. The quantitative estimate of drug-likeness (QED) is 0.584. The number of ether oxygens (including phenoxy) is 1. The van der Waals surface area contributed by atoms with Crippen LogP contribution in [-0.4, -0.2) is 38.7 Å². The van der Waals surface area contributed by atoms with Crippen molar-refractivity contribution >= 4 is 31.7 Å². The summed E-state index contributed by atoms with van der Waals surface area (Å²) in [5, 5.41) is 0. The van der Waals surface area contributed by atoms with Crippen LogP contribution < -0.4 is 4.74 Å². The van der Waals surface area contributed by atoms with Gasteiger partial charge in [-0.15, -0.1) is 0 Å². The summed E-state index contributed by atoms with van der Waals surface area (Å²) in [5.41, 5.74) is 1.87. The molecule has 2 aromatic carbocycles. The van der Waals surface area contributed by atoms with Crippen LogP contribution >= 0.6 is 15.9 Å². The number of halogens is 1. The number of carbonyl (C=O) groups excluding carboxylic acids is 1. The first kappa shape index (κ1) is 21.3. The van der Waals surface area contributed by atoms with Gasteiger partial charge in [-0.3, -0.25) is 4.79 Å².